The molecule has 0 aromatic heterocycles. The second-order valence-corrected chi connectivity index (χ2v) is 5.31. The van der Waals surface area contributed by atoms with Crippen molar-refractivity contribution in [3.8, 4) is 0 Å². The summed E-state index contributed by atoms with van der Waals surface area (Å²) < 4.78 is 0. The Labute approximate surface area is 106 Å². The van der Waals surface area contributed by atoms with Crippen LogP contribution in [0.4, 0.5) is 0 Å². The van der Waals surface area contributed by atoms with Gasteiger partial charge in [-0.15, -0.1) is 0 Å². The van der Waals surface area contributed by atoms with E-state index >= 15 is 0 Å². The summed E-state index contributed by atoms with van der Waals surface area (Å²) in [6.07, 6.45) is 4.83. The molecule has 0 radical (unpaired) electrons. The molecule has 0 fully saturated rings. The zero-order valence-electron chi connectivity index (χ0n) is 11.9. The van der Waals surface area contributed by atoms with Crippen molar-refractivity contribution in [2.75, 3.05) is 33.7 Å². The first-order chi connectivity index (χ1) is 8.05. The third kappa shape index (κ3) is 3.35. The number of aliphatic imine (C=N–C) groups is 1. The summed E-state index contributed by atoms with van der Waals surface area (Å²) in [7, 11) is 4.20. The zero-order chi connectivity index (χ0) is 12.9. The van der Waals surface area contributed by atoms with E-state index in [0.717, 1.165) is 32.0 Å². The summed E-state index contributed by atoms with van der Waals surface area (Å²) in [4.78, 5) is 9.01. The molecule has 0 aromatic rings. The quantitative estimate of drug-likeness (QED) is 0.734. The van der Waals surface area contributed by atoms with Gasteiger partial charge in [0.25, 0.3) is 0 Å². The minimum absolute atomic E-state index is 0.191. The first-order valence-electron chi connectivity index (χ1n) is 6.78. The molecule has 0 bridgehead atoms. The van der Waals surface area contributed by atoms with Gasteiger partial charge in [0.1, 0.15) is 0 Å². The van der Waals surface area contributed by atoms with Crippen LogP contribution in [0.15, 0.2) is 4.99 Å². The maximum absolute atomic E-state index is 6.05. The van der Waals surface area contributed by atoms with Gasteiger partial charge in [0.05, 0.1) is 12.1 Å². The van der Waals surface area contributed by atoms with Crippen molar-refractivity contribution in [1.82, 2.24) is 9.80 Å². The summed E-state index contributed by atoms with van der Waals surface area (Å²) in [5.41, 5.74) is 6.24. The van der Waals surface area contributed by atoms with Gasteiger partial charge in [-0.05, 0) is 26.9 Å². The molecule has 1 atom stereocenters. The van der Waals surface area contributed by atoms with Crippen molar-refractivity contribution in [2.45, 2.75) is 45.1 Å². The minimum atomic E-state index is 0.191. The molecule has 1 aliphatic rings. The van der Waals surface area contributed by atoms with E-state index in [0.29, 0.717) is 0 Å². The van der Waals surface area contributed by atoms with Crippen LogP contribution >= 0.6 is 0 Å². The lowest BCUT2D eigenvalue weighted by Crippen LogP contribution is -2.53. The van der Waals surface area contributed by atoms with Crippen LogP contribution in [-0.4, -0.2) is 55.0 Å². The van der Waals surface area contributed by atoms with Crippen molar-refractivity contribution in [1.29, 1.82) is 0 Å². The number of unbranched alkanes of at least 4 members (excludes halogenated alkanes) is 1. The van der Waals surface area contributed by atoms with Crippen molar-refractivity contribution in [3.63, 3.8) is 0 Å². The van der Waals surface area contributed by atoms with E-state index in [4.69, 9.17) is 5.73 Å². The minimum Gasteiger partial charge on any atom is -0.370 e. The Hall–Kier alpha value is -0.770. The molecule has 1 rings (SSSR count). The third-order valence-corrected chi connectivity index (χ3v) is 3.81. The lowest BCUT2D eigenvalue weighted by Gasteiger charge is -2.39. The van der Waals surface area contributed by atoms with Crippen LogP contribution in [0.1, 0.15) is 39.5 Å². The van der Waals surface area contributed by atoms with E-state index < -0.39 is 0 Å². The number of nitrogens with zero attached hydrogens (tertiary/aromatic N) is 3. The number of likely N-dealkylation sites (N-methyl/N-ethyl adjacent to an activating group) is 1. The molecule has 17 heavy (non-hydrogen) atoms. The Morgan fingerprint density at radius 1 is 1.41 bits per heavy atom. The van der Waals surface area contributed by atoms with Gasteiger partial charge in [-0.25, -0.2) is 0 Å². The fourth-order valence-corrected chi connectivity index (χ4v) is 2.49. The molecule has 4 heteroatoms. The highest BCUT2D eigenvalue weighted by atomic mass is 15.4. The van der Waals surface area contributed by atoms with Gasteiger partial charge in [-0.3, -0.25) is 4.99 Å². The number of guanidine groups is 1. The molecule has 1 unspecified atom stereocenters. The maximum atomic E-state index is 6.05. The van der Waals surface area contributed by atoms with Crippen LogP contribution in [0.5, 0.6) is 0 Å². The molecule has 0 saturated heterocycles. The highest BCUT2D eigenvalue weighted by Gasteiger charge is 2.39. The Morgan fingerprint density at radius 3 is 2.65 bits per heavy atom. The fraction of sp³-hybridized carbons (Fsp3) is 0.923. The van der Waals surface area contributed by atoms with Gasteiger partial charge in [-0.1, -0.05) is 26.7 Å². The Balaban J connectivity index is 2.68. The molecule has 4 nitrogen and oxygen atoms in total. The highest BCUT2D eigenvalue weighted by Crippen LogP contribution is 2.30. The zero-order valence-corrected chi connectivity index (χ0v) is 11.9. The predicted octanol–water partition coefficient (Wildman–Crippen LogP) is 1.52. The lowest BCUT2D eigenvalue weighted by atomic mass is 9.89. The van der Waals surface area contributed by atoms with E-state index in [1.807, 2.05) is 0 Å². The van der Waals surface area contributed by atoms with E-state index in [2.05, 4.69) is 42.7 Å². The van der Waals surface area contributed by atoms with Gasteiger partial charge in [0.2, 0.25) is 0 Å². The Morgan fingerprint density at radius 2 is 2.12 bits per heavy atom. The topological polar surface area (TPSA) is 44.9 Å². The first-order valence-corrected chi connectivity index (χ1v) is 6.78. The molecule has 1 aliphatic heterocycles. The van der Waals surface area contributed by atoms with E-state index in [-0.39, 0.29) is 5.54 Å². The van der Waals surface area contributed by atoms with Crippen LogP contribution in [0.3, 0.4) is 0 Å². The van der Waals surface area contributed by atoms with Crippen molar-refractivity contribution < 1.29 is 0 Å². The van der Waals surface area contributed by atoms with Crippen molar-refractivity contribution in [2.24, 2.45) is 10.7 Å². The molecular formula is C13H28N4. The standard InChI is InChI=1S/C13H28N4/c1-5-7-8-13(6-2)11-15-12(14)17(13)10-9-16(3)4/h5-11H2,1-4H3,(H2,14,15). The van der Waals surface area contributed by atoms with Gasteiger partial charge in [0, 0.05) is 13.1 Å². The van der Waals surface area contributed by atoms with Crippen LogP contribution in [-0.2, 0) is 0 Å². The lowest BCUT2D eigenvalue weighted by molar-refractivity contribution is 0.163. The van der Waals surface area contributed by atoms with Gasteiger partial charge in [-0.2, -0.15) is 0 Å². The van der Waals surface area contributed by atoms with Crippen LogP contribution in [0.2, 0.25) is 0 Å². The Bertz CT molecular complexity index is 262. The summed E-state index contributed by atoms with van der Waals surface area (Å²) >= 11 is 0. The summed E-state index contributed by atoms with van der Waals surface area (Å²) in [6, 6.07) is 0. The molecule has 0 amide bonds. The summed E-state index contributed by atoms with van der Waals surface area (Å²) in [5, 5.41) is 0. The van der Waals surface area contributed by atoms with Crippen molar-refractivity contribution >= 4 is 5.96 Å². The second kappa shape index (κ2) is 6.24. The molecule has 1 heterocycles. The van der Waals surface area contributed by atoms with Gasteiger partial charge >= 0.3 is 0 Å². The molecule has 0 spiro atoms. The fourth-order valence-electron chi connectivity index (χ4n) is 2.49. The molecule has 0 aliphatic carbocycles. The third-order valence-electron chi connectivity index (χ3n) is 3.81. The molecule has 0 saturated carbocycles. The number of hydrogen-bond acceptors (Lipinski definition) is 4. The highest BCUT2D eigenvalue weighted by molar-refractivity contribution is 5.81. The SMILES string of the molecule is CCCCC1(CC)CN=C(N)N1CCN(C)C. The average molecular weight is 240 g/mol. The Kier molecular flexibility index (Phi) is 5.25. The summed E-state index contributed by atoms with van der Waals surface area (Å²) in [5.74, 6) is 0.741. The van der Waals surface area contributed by atoms with Gasteiger partial charge < -0.3 is 15.5 Å². The number of hydrogen-bond donors (Lipinski definition) is 1. The summed E-state index contributed by atoms with van der Waals surface area (Å²) in [6.45, 7) is 7.39. The largest absolute Gasteiger partial charge is 0.370 e. The van der Waals surface area contributed by atoms with Crippen LogP contribution in [0, 0.1) is 0 Å². The maximum Gasteiger partial charge on any atom is 0.191 e. The van der Waals surface area contributed by atoms with Gasteiger partial charge in [0.15, 0.2) is 5.96 Å². The predicted molar refractivity (Wildman–Crippen MR) is 74.3 cm³/mol. The average Bonchev–Trinajstić information content (AvgIpc) is 2.61. The molecule has 100 valence electrons. The van der Waals surface area contributed by atoms with E-state index in [9.17, 15) is 0 Å². The number of nitrogens with two attached hydrogens (primary N) is 1. The van der Waals surface area contributed by atoms with E-state index in [1.165, 1.54) is 19.3 Å². The smallest absolute Gasteiger partial charge is 0.191 e. The first kappa shape index (κ1) is 14.3. The van der Waals surface area contributed by atoms with E-state index in [1.54, 1.807) is 0 Å². The number of rotatable bonds is 7. The van der Waals surface area contributed by atoms with Crippen LogP contribution < -0.4 is 5.73 Å². The molecular weight excluding hydrogens is 212 g/mol. The monoisotopic (exact) mass is 240 g/mol. The van der Waals surface area contributed by atoms with Crippen molar-refractivity contribution in [3.05, 3.63) is 0 Å². The molecule has 2 N–H and O–H groups in total. The normalized spacial score (nSPS) is 24.5. The molecule has 0 aromatic carbocycles. The second-order valence-electron chi connectivity index (χ2n) is 5.31. The van der Waals surface area contributed by atoms with Crippen LogP contribution in [0.25, 0.3) is 0 Å².